The third-order valence-electron chi connectivity index (χ3n) is 5.09. The van der Waals surface area contributed by atoms with Crippen molar-refractivity contribution in [2.45, 2.75) is 26.3 Å². The van der Waals surface area contributed by atoms with Crippen LogP contribution in [0.1, 0.15) is 37.4 Å². The van der Waals surface area contributed by atoms with E-state index in [2.05, 4.69) is 10.1 Å². The third-order valence-corrected chi connectivity index (χ3v) is 5.40. The molecule has 3 aromatic rings. The van der Waals surface area contributed by atoms with Crippen LogP contribution in [0.25, 0.3) is 10.9 Å². The summed E-state index contributed by atoms with van der Waals surface area (Å²) in [5.74, 6) is 1.39. The largest absolute Gasteiger partial charge is 0.497 e. The third kappa shape index (κ3) is 3.83. The fraction of sp³-hybridized carbons (Fsp3) is 0.261. The van der Waals surface area contributed by atoms with Crippen molar-refractivity contribution in [2.75, 3.05) is 13.7 Å². The Morgan fingerprint density at radius 2 is 1.90 bits per heavy atom. The summed E-state index contributed by atoms with van der Waals surface area (Å²) in [4.78, 5) is 16.9. The van der Waals surface area contributed by atoms with Gasteiger partial charge in [-0.2, -0.15) is 5.10 Å². The van der Waals surface area contributed by atoms with Crippen LogP contribution >= 0.6 is 11.6 Å². The van der Waals surface area contributed by atoms with E-state index in [1.165, 1.54) is 11.9 Å². The number of pyridine rings is 1. The molecule has 154 valence electrons. The van der Waals surface area contributed by atoms with Gasteiger partial charge in [-0.15, -0.1) is 0 Å². The molecule has 30 heavy (non-hydrogen) atoms. The number of carbonyl (C=O) groups is 1. The highest BCUT2D eigenvalue weighted by atomic mass is 35.5. The Kier molecular flexibility index (Phi) is 5.59. The first-order chi connectivity index (χ1) is 14.5. The highest BCUT2D eigenvalue weighted by Gasteiger charge is 2.33. The van der Waals surface area contributed by atoms with Crippen LogP contribution in [0.5, 0.6) is 11.5 Å². The van der Waals surface area contributed by atoms with Crippen LogP contribution in [0, 0.1) is 0 Å². The Balaban J connectivity index is 1.72. The summed E-state index contributed by atoms with van der Waals surface area (Å²) in [6.45, 7) is 4.03. The number of nitrogens with zero attached hydrogens (tertiary/aromatic N) is 3. The zero-order chi connectivity index (χ0) is 21.3. The zero-order valence-corrected chi connectivity index (χ0v) is 17.8. The molecular formula is C23H22ClN3O3. The van der Waals surface area contributed by atoms with Crippen molar-refractivity contribution in [3.05, 3.63) is 64.8 Å². The first-order valence-electron chi connectivity index (χ1n) is 9.75. The van der Waals surface area contributed by atoms with Crippen molar-refractivity contribution in [1.29, 1.82) is 0 Å². The van der Waals surface area contributed by atoms with Crippen LogP contribution in [0.2, 0.25) is 5.15 Å². The normalized spacial score (nSPS) is 15.9. The summed E-state index contributed by atoms with van der Waals surface area (Å²) in [7, 11) is 1.63. The molecule has 0 spiro atoms. The second-order valence-corrected chi connectivity index (χ2v) is 7.37. The summed E-state index contributed by atoms with van der Waals surface area (Å²) >= 11 is 6.54. The van der Waals surface area contributed by atoms with E-state index in [-0.39, 0.29) is 11.9 Å². The Bertz CT molecular complexity index is 1130. The van der Waals surface area contributed by atoms with E-state index in [0.717, 1.165) is 39.2 Å². The molecule has 1 aliphatic heterocycles. The Morgan fingerprint density at radius 1 is 1.17 bits per heavy atom. The van der Waals surface area contributed by atoms with Crippen LogP contribution in [-0.2, 0) is 4.79 Å². The number of ether oxygens (including phenoxy) is 2. The van der Waals surface area contributed by atoms with Gasteiger partial charge in [-0.25, -0.2) is 9.99 Å². The van der Waals surface area contributed by atoms with Gasteiger partial charge in [0.1, 0.15) is 16.7 Å². The minimum atomic E-state index is -0.320. The molecule has 0 saturated carbocycles. The maximum absolute atomic E-state index is 12.3. The summed E-state index contributed by atoms with van der Waals surface area (Å²) in [5.41, 5.74) is 3.29. The van der Waals surface area contributed by atoms with E-state index in [1.54, 1.807) is 7.11 Å². The number of hydrazone groups is 1. The highest BCUT2D eigenvalue weighted by Crippen LogP contribution is 2.37. The van der Waals surface area contributed by atoms with E-state index in [0.29, 0.717) is 18.2 Å². The molecule has 4 rings (SSSR count). The van der Waals surface area contributed by atoms with Crippen LogP contribution in [0.3, 0.4) is 0 Å². The van der Waals surface area contributed by atoms with Crippen LogP contribution in [-0.4, -0.2) is 35.3 Å². The lowest BCUT2D eigenvalue weighted by molar-refractivity contribution is -0.130. The van der Waals surface area contributed by atoms with Gasteiger partial charge in [-0.1, -0.05) is 11.6 Å². The van der Waals surface area contributed by atoms with Gasteiger partial charge in [0.2, 0.25) is 5.91 Å². The number of hydrogen-bond donors (Lipinski definition) is 0. The number of aromatic nitrogens is 1. The Labute approximate surface area is 180 Å². The standard InChI is InChI=1S/C23H22ClN3O3/c1-4-30-18-9-10-20-16(11-18)12-19(23(24)25-20)22-13-21(26-27(22)14(2)28)15-5-7-17(29-3)8-6-15/h5-12,22H,4,13H2,1-3H3. The Morgan fingerprint density at radius 3 is 2.57 bits per heavy atom. The first-order valence-corrected chi connectivity index (χ1v) is 10.1. The molecule has 1 unspecified atom stereocenters. The number of benzene rings is 2. The molecule has 6 nitrogen and oxygen atoms in total. The minimum Gasteiger partial charge on any atom is -0.497 e. The SMILES string of the molecule is CCOc1ccc2nc(Cl)c(C3CC(c4ccc(OC)cc4)=NN3C(C)=O)cc2c1. The second kappa shape index (κ2) is 8.32. The fourth-order valence-corrected chi connectivity index (χ4v) is 3.91. The topological polar surface area (TPSA) is 64.0 Å². The molecule has 0 bridgehead atoms. The molecule has 2 aromatic carbocycles. The van der Waals surface area contributed by atoms with Crippen molar-refractivity contribution >= 4 is 34.1 Å². The van der Waals surface area contributed by atoms with Crippen LogP contribution < -0.4 is 9.47 Å². The summed E-state index contributed by atoms with van der Waals surface area (Å²) in [6.07, 6.45) is 0.546. The predicted octanol–water partition coefficient (Wildman–Crippen LogP) is 4.99. The number of rotatable bonds is 5. The lowest BCUT2D eigenvalue weighted by Gasteiger charge is -2.21. The number of carbonyl (C=O) groups excluding carboxylic acids is 1. The number of hydrogen-bond acceptors (Lipinski definition) is 5. The molecule has 0 radical (unpaired) electrons. The summed E-state index contributed by atoms with van der Waals surface area (Å²) in [6, 6.07) is 15.0. The van der Waals surface area contributed by atoms with Gasteiger partial charge in [-0.05, 0) is 61.0 Å². The molecule has 1 aromatic heterocycles. The number of halogens is 1. The Hall–Kier alpha value is -3.12. The van der Waals surface area contributed by atoms with Gasteiger partial charge < -0.3 is 9.47 Å². The molecule has 2 heterocycles. The minimum absolute atomic E-state index is 0.150. The van der Waals surface area contributed by atoms with E-state index >= 15 is 0 Å². The predicted molar refractivity (Wildman–Crippen MR) is 117 cm³/mol. The number of fused-ring (bicyclic) bond motifs is 1. The van der Waals surface area contributed by atoms with E-state index in [4.69, 9.17) is 21.1 Å². The maximum atomic E-state index is 12.3. The summed E-state index contributed by atoms with van der Waals surface area (Å²) < 4.78 is 10.8. The second-order valence-electron chi connectivity index (χ2n) is 7.01. The monoisotopic (exact) mass is 423 g/mol. The lowest BCUT2D eigenvalue weighted by Crippen LogP contribution is -2.24. The molecule has 0 N–H and O–H groups in total. The summed E-state index contributed by atoms with van der Waals surface area (Å²) in [5, 5.41) is 7.35. The lowest BCUT2D eigenvalue weighted by atomic mass is 9.98. The molecule has 0 fully saturated rings. The quantitative estimate of drug-likeness (QED) is 0.542. The molecule has 1 aliphatic rings. The maximum Gasteiger partial charge on any atom is 0.240 e. The van der Waals surface area contributed by atoms with Gasteiger partial charge >= 0.3 is 0 Å². The van der Waals surface area contributed by atoms with Crippen LogP contribution in [0.4, 0.5) is 0 Å². The molecule has 0 aliphatic carbocycles. The van der Waals surface area contributed by atoms with Crippen molar-refractivity contribution in [3.8, 4) is 11.5 Å². The highest BCUT2D eigenvalue weighted by molar-refractivity contribution is 6.30. The smallest absolute Gasteiger partial charge is 0.240 e. The average Bonchev–Trinajstić information content (AvgIpc) is 3.19. The fourth-order valence-electron chi connectivity index (χ4n) is 3.64. The number of methoxy groups -OCH3 is 1. The first kappa shape index (κ1) is 20.2. The van der Waals surface area contributed by atoms with E-state index in [9.17, 15) is 4.79 Å². The zero-order valence-electron chi connectivity index (χ0n) is 17.1. The van der Waals surface area contributed by atoms with Gasteiger partial charge in [0, 0.05) is 24.3 Å². The van der Waals surface area contributed by atoms with Crippen molar-refractivity contribution in [3.63, 3.8) is 0 Å². The number of amides is 1. The molecule has 1 atom stereocenters. The van der Waals surface area contributed by atoms with Gasteiger partial charge in [-0.3, -0.25) is 4.79 Å². The molecule has 1 amide bonds. The average molecular weight is 424 g/mol. The molecule has 7 heteroatoms. The van der Waals surface area contributed by atoms with E-state index in [1.807, 2.05) is 55.5 Å². The van der Waals surface area contributed by atoms with Gasteiger partial charge in [0.15, 0.2) is 0 Å². The molecule has 0 saturated heterocycles. The van der Waals surface area contributed by atoms with Crippen molar-refractivity contribution < 1.29 is 14.3 Å². The van der Waals surface area contributed by atoms with Crippen molar-refractivity contribution in [1.82, 2.24) is 9.99 Å². The van der Waals surface area contributed by atoms with Crippen molar-refractivity contribution in [2.24, 2.45) is 5.10 Å². The van der Waals surface area contributed by atoms with Gasteiger partial charge in [0.05, 0.1) is 31.0 Å². The van der Waals surface area contributed by atoms with E-state index < -0.39 is 0 Å². The van der Waals surface area contributed by atoms with Gasteiger partial charge in [0.25, 0.3) is 0 Å². The molecular weight excluding hydrogens is 402 g/mol. The van der Waals surface area contributed by atoms with Crippen LogP contribution in [0.15, 0.2) is 53.6 Å².